The van der Waals surface area contributed by atoms with Gasteiger partial charge in [0.15, 0.2) is 0 Å². The van der Waals surface area contributed by atoms with Crippen LogP contribution in [0.4, 0.5) is 0 Å². The summed E-state index contributed by atoms with van der Waals surface area (Å²) in [6.07, 6.45) is 0.961. The highest BCUT2D eigenvalue weighted by atomic mass is 16.6. The van der Waals surface area contributed by atoms with E-state index in [1.54, 1.807) is 0 Å². The zero-order chi connectivity index (χ0) is 9.59. The van der Waals surface area contributed by atoms with Crippen molar-refractivity contribution < 1.29 is 9.53 Å². The fourth-order valence-electron chi connectivity index (χ4n) is 2.54. The summed E-state index contributed by atoms with van der Waals surface area (Å²) < 4.78 is 5.21. The third kappa shape index (κ3) is 1.05. The lowest BCUT2D eigenvalue weighted by molar-refractivity contribution is -0.144. The first-order valence-corrected chi connectivity index (χ1v) is 4.75. The Labute approximate surface area is 77.7 Å². The molecule has 5 unspecified atom stereocenters. The molecule has 5 atom stereocenters. The Morgan fingerprint density at radius 2 is 2.23 bits per heavy atom. The van der Waals surface area contributed by atoms with Gasteiger partial charge in [0.1, 0.15) is 12.0 Å². The van der Waals surface area contributed by atoms with Gasteiger partial charge in [0.25, 0.3) is 0 Å². The Hall–Kier alpha value is -1.04. The van der Waals surface area contributed by atoms with Gasteiger partial charge in [-0.3, -0.25) is 4.79 Å². The van der Waals surface area contributed by atoms with Crippen molar-refractivity contribution in [2.75, 3.05) is 0 Å². The van der Waals surface area contributed by atoms with Crippen LogP contribution in [0.25, 0.3) is 0 Å². The maximum Gasteiger partial charge on any atom is 0.324 e. The molecule has 2 fully saturated rings. The molecule has 2 aliphatic rings. The molecule has 0 amide bonds. The lowest BCUT2D eigenvalue weighted by Crippen LogP contribution is -2.18. The lowest BCUT2D eigenvalue weighted by atomic mass is 9.92. The van der Waals surface area contributed by atoms with Crippen LogP contribution in [0.3, 0.4) is 0 Å². The largest absolute Gasteiger partial charge is 0.461 e. The normalized spacial score (nSPS) is 48.4. The second kappa shape index (κ2) is 2.73. The van der Waals surface area contributed by atoms with Gasteiger partial charge in [-0.05, 0) is 18.3 Å². The molecule has 1 saturated carbocycles. The molecule has 0 radical (unpaired) electrons. The van der Waals surface area contributed by atoms with E-state index in [0.717, 1.165) is 6.42 Å². The number of carbonyl (C=O) groups excluding carboxylic acids is 1. The molecule has 2 rings (SSSR count). The second-order valence-electron chi connectivity index (χ2n) is 4.24. The molecular formula is C10H13NO2. The standard InChI is InChI=1S/C10H13NO2/c1-5-3-7-8(4-11)10(12)13-9(7)6(5)2/h5-9H,3H2,1-2H3. The molecule has 1 aliphatic heterocycles. The third-order valence-corrected chi connectivity index (χ3v) is 3.56. The van der Waals surface area contributed by atoms with Gasteiger partial charge < -0.3 is 4.74 Å². The monoisotopic (exact) mass is 179 g/mol. The van der Waals surface area contributed by atoms with Crippen molar-refractivity contribution in [2.45, 2.75) is 26.4 Å². The minimum Gasteiger partial charge on any atom is -0.461 e. The van der Waals surface area contributed by atoms with Crippen molar-refractivity contribution in [3.8, 4) is 6.07 Å². The first kappa shape index (κ1) is 8.55. The highest BCUT2D eigenvalue weighted by Crippen LogP contribution is 2.46. The number of ether oxygens (including phenoxy) is 1. The van der Waals surface area contributed by atoms with Crippen LogP contribution in [-0.2, 0) is 9.53 Å². The van der Waals surface area contributed by atoms with Crippen LogP contribution in [0, 0.1) is 35.0 Å². The SMILES string of the molecule is CC1CC2C(C#N)C(=O)OC2C1C. The lowest BCUT2D eigenvalue weighted by Gasteiger charge is -2.14. The maximum atomic E-state index is 11.2. The molecule has 0 aromatic rings. The molecular weight excluding hydrogens is 166 g/mol. The molecule has 0 bridgehead atoms. The number of hydrogen-bond donors (Lipinski definition) is 0. The number of carbonyl (C=O) groups is 1. The Kier molecular flexibility index (Phi) is 1.80. The summed E-state index contributed by atoms with van der Waals surface area (Å²) in [7, 11) is 0. The molecule has 3 heteroatoms. The van der Waals surface area contributed by atoms with Crippen molar-refractivity contribution in [2.24, 2.45) is 23.7 Å². The predicted octanol–water partition coefficient (Wildman–Crippen LogP) is 1.34. The number of fused-ring (bicyclic) bond motifs is 1. The second-order valence-corrected chi connectivity index (χ2v) is 4.24. The van der Waals surface area contributed by atoms with E-state index in [2.05, 4.69) is 19.9 Å². The van der Waals surface area contributed by atoms with Crippen LogP contribution < -0.4 is 0 Å². The van der Waals surface area contributed by atoms with E-state index in [-0.39, 0.29) is 18.0 Å². The molecule has 0 aromatic carbocycles. The van der Waals surface area contributed by atoms with Gasteiger partial charge in [-0.15, -0.1) is 0 Å². The highest BCUT2D eigenvalue weighted by molar-refractivity contribution is 5.78. The minimum atomic E-state index is -0.502. The Morgan fingerprint density at radius 3 is 2.85 bits per heavy atom. The van der Waals surface area contributed by atoms with E-state index in [1.165, 1.54) is 0 Å². The fraction of sp³-hybridized carbons (Fsp3) is 0.800. The van der Waals surface area contributed by atoms with Crippen LogP contribution in [-0.4, -0.2) is 12.1 Å². The summed E-state index contributed by atoms with van der Waals surface area (Å²) in [5, 5.41) is 8.81. The number of nitriles is 1. The molecule has 13 heavy (non-hydrogen) atoms. The molecule has 0 aromatic heterocycles. The van der Waals surface area contributed by atoms with Gasteiger partial charge in [-0.25, -0.2) is 0 Å². The van der Waals surface area contributed by atoms with E-state index in [0.29, 0.717) is 11.8 Å². The number of hydrogen-bond acceptors (Lipinski definition) is 3. The van der Waals surface area contributed by atoms with E-state index >= 15 is 0 Å². The molecule has 0 spiro atoms. The summed E-state index contributed by atoms with van der Waals surface area (Å²) >= 11 is 0. The molecule has 1 heterocycles. The summed E-state index contributed by atoms with van der Waals surface area (Å²) in [5.41, 5.74) is 0. The molecule has 0 N–H and O–H groups in total. The van der Waals surface area contributed by atoms with E-state index in [9.17, 15) is 4.79 Å². The minimum absolute atomic E-state index is 0.00662. The van der Waals surface area contributed by atoms with Crippen molar-refractivity contribution in [3.05, 3.63) is 0 Å². The first-order chi connectivity index (χ1) is 6.15. The van der Waals surface area contributed by atoms with Gasteiger partial charge in [0.2, 0.25) is 0 Å². The highest BCUT2D eigenvalue weighted by Gasteiger charge is 2.52. The summed E-state index contributed by atoms with van der Waals surface area (Å²) in [5.74, 6) is 0.322. The van der Waals surface area contributed by atoms with Gasteiger partial charge in [0.05, 0.1) is 6.07 Å². The molecule has 1 aliphatic carbocycles. The average molecular weight is 179 g/mol. The zero-order valence-electron chi connectivity index (χ0n) is 7.86. The maximum absolute atomic E-state index is 11.2. The Bertz CT molecular complexity index is 281. The van der Waals surface area contributed by atoms with Crippen LogP contribution >= 0.6 is 0 Å². The summed E-state index contributed by atoms with van der Waals surface area (Å²) in [6.45, 7) is 4.26. The van der Waals surface area contributed by atoms with E-state index in [1.807, 2.05) is 0 Å². The third-order valence-electron chi connectivity index (χ3n) is 3.56. The smallest absolute Gasteiger partial charge is 0.324 e. The molecule has 70 valence electrons. The van der Waals surface area contributed by atoms with Gasteiger partial charge in [-0.1, -0.05) is 13.8 Å². The topological polar surface area (TPSA) is 50.1 Å². The zero-order valence-corrected chi connectivity index (χ0v) is 7.86. The number of rotatable bonds is 0. The number of nitrogens with zero attached hydrogens (tertiary/aromatic N) is 1. The molecule has 3 nitrogen and oxygen atoms in total. The van der Waals surface area contributed by atoms with Crippen molar-refractivity contribution >= 4 is 5.97 Å². The first-order valence-electron chi connectivity index (χ1n) is 4.75. The van der Waals surface area contributed by atoms with Gasteiger partial charge >= 0.3 is 5.97 Å². The van der Waals surface area contributed by atoms with Crippen molar-refractivity contribution in [1.82, 2.24) is 0 Å². The van der Waals surface area contributed by atoms with Crippen molar-refractivity contribution in [3.63, 3.8) is 0 Å². The predicted molar refractivity (Wildman–Crippen MR) is 45.4 cm³/mol. The van der Waals surface area contributed by atoms with Crippen LogP contribution in [0.2, 0.25) is 0 Å². The van der Waals surface area contributed by atoms with E-state index in [4.69, 9.17) is 10.00 Å². The number of esters is 1. The van der Waals surface area contributed by atoms with Gasteiger partial charge in [-0.2, -0.15) is 5.26 Å². The fourth-order valence-corrected chi connectivity index (χ4v) is 2.54. The van der Waals surface area contributed by atoms with Gasteiger partial charge in [0, 0.05) is 5.92 Å². The summed E-state index contributed by atoms with van der Waals surface area (Å²) in [6, 6.07) is 2.05. The van der Waals surface area contributed by atoms with Crippen LogP contribution in [0.5, 0.6) is 0 Å². The van der Waals surface area contributed by atoms with Crippen LogP contribution in [0.1, 0.15) is 20.3 Å². The Morgan fingerprint density at radius 1 is 1.54 bits per heavy atom. The van der Waals surface area contributed by atoms with Crippen molar-refractivity contribution in [1.29, 1.82) is 5.26 Å². The quantitative estimate of drug-likeness (QED) is 0.527. The average Bonchev–Trinajstić information content (AvgIpc) is 2.52. The van der Waals surface area contributed by atoms with Crippen LogP contribution in [0.15, 0.2) is 0 Å². The van der Waals surface area contributed by atoms with E-state index < -0.39 is 5.92 Å². The summed E-state index contributed by atoms with van der Waals surface area (Å²) in [4.78, 5) is 11.2. The molecule has 1 saturated heterocycles. The Balaban J connectivity index is 2.23.